The second-order valence-electron chi connectivity index (χ2n) is 8.38. The first-order valence-electron chi connectivity index (χ1n) is 10.7. The van der Waals surface area contributed by atoms with Gasteiger partial charge < -0.3 is 20.1 Å². The Kier molecular flexibility index (Phi) is 6.83. The van der Waals surface area contributed by atoms with Crippen LogP contribution in [0.15, 0.2) is 47.3 Å². The number of anilines is 1. The zero-order valence-corrected chi connectivity index (χ0v) is 18.7. The van der Waals surface area contributed by atoms with Crippen molar-refractivity contribution in [1.82, 2.24) is 14.8 Å². The molecular weight excluding hydrogens is 431 g/mol. The largest absolute Gasteiger partial charge is 0.326 e. The lowest BCUT2D eigenvalue weighted by Gasteiger charge is -2.43. The van der Waals surface area contributed by atoms with Gasteiger partial charge in [0.2, 0.25) is 5.91 Å². The van der Waals surface area contributed by atoms with Gasteiger partial charge in [0.25, 0.3) is 5.56 Å². The van der Waals surface area contributed by atoms with Gasteiger partial charge in [0.1, 0.15) is 11.9 Å². The van der Waals surface area contributed by atoms with Crippen LogP contribution < -0.4 is 16.2 Å². The highest BCUT2D eigenvalue weighted by atomic mass is 32.2. The zero-order valence-electron chi connectivity index (χ0n) is 17.9. The number of carbonyl (C=O) groups excluding carboxylic acids is 2. The fraction of sp³-hybridized carbons (Fsp3) is 0.435. The van der Waals surface area contributed by atoms with Crippen molar-refractivity contribution < 1.29 is 14.0 Å². The molecule has 3 heterocycles. The molecule has 1 aromatic heterocycles. The number of hydrogen-bond donors (Lipinski definition) is 2. The number of nitrogens with one attached hydrogen (secondary N) is 2. The van der Waals surface area contributed by atoms with Crippen LogP contribution in [0.2, 0.25) is 0 Å². The topological polar surface area (TPSA) is 83.4 Å². The summed E-state index contributed by atoms with van der Waals surface area (Å²) in [7, 11) is 0. The number of aromatic nitrogens is 1. The molecule has 1 aromatic carbocycles. The zero-order chi connectivity index (χ0) is 22.7. The number of rotatable bonds is 6. The fourth-order valence-electron chi connectivity index (χ4n) is 4.57. The summed E-state index contributed by atoms with van der Waals surface area (Å²) in [4.78, 5) is 39.9. The molecule has 2 aliphatic rings. The van der Waals surface area contributed by atoms with Gasteiger partial charge in [-0.05, 0) is 61.1 Å². The number of hydrogen-bond acceptors (Lipinski definition) is 4. The molecule has 2 aromatic rings. The Morgan fingerprint density at radius 2 is 1.94 bits per heavy atom. The van der Waals surface area contributed by atoms with Crippen LogP contribution in [-0.2, 0) is 11.3 Å². The molecule has 32 heavy (non-hydrogen) atoms. The monoisotopic (exact) mass is 458 g/mol. The maximum Gasteiger partial charge on any atom is 0.318 e. The Hall–Kier alpha value is -2.81. The van der Waals surface area contributed by atoms with E-state index in [1.54, 1.807) is 28.8 Å². The third-order valence-electron chi connectivity index (χ3n) is 6.10. The van der Waals surface area contributed by atoms with Gasteiger partial charge in [-0.25, -0.2) is 9.18 Å². The van der Waals surface area contributed by atoms with Gasteiger partial charge in [0.05, 0.1) is 0 Å². The summed E-state index contributed by atoms with van der Waals surface area (Å²) in [6.45, 7) is 1.68. The Morgan fingerprint density at radius 1 is 1.16 bits per heavy atom. The molecule has 4 rings (SSSR count). The van der Waals surface area contributed by atoms with Gasteiger partial charge in [-0.2, -0.15) is 11.8 Å². The maximum atomic E-state index is 13.1. The molecule has 2 bridgehead atoms. The van der Waals surface area contributed by atoms with Crippen LogP contribution in [0.25, 0.3) is 0 Å². The van der Waals surface area contributed by atoms with Crippen LogP contribution in [0.4, 0.5) is 14.9 Å². The molecule has 0 aliphatic carbocycles. The van der Waals surface area contributed by atoms with E-state index in [9.17, 15) is 18.8 Å². The van der Waals surface area contributed by atoms with E-state index in [1.165, 1.54) is 24.3 Å². The highest BCUT2D eigenvalue weighted by molar-refractivity contribution is 7.98. The van der Waals surface area contributed by atoms with Crippen molar-refractivity contribution in [3.05, 3.63) is 64.3 Å². The second kappa shape index (κ2) is 9.77. The summed E-state index contributed by atoms with van der Waals surface area (Å²) in [6, 6.07) is 9.88. The van der Waals surface area contributed by atoms with Crippen molar-refractivity contribution >= 4 is 29.4 Å². The van der Waals surface area contributed by atoms with Crippen molar-refractivity contribution in [2.75, 3.05) is 30.4 Å². The molecule has 1 saturated heterocycles. The summed E-state index contributed by atoms with van der Waals surface area (Å²) < 4.78 is 15.0. The molecule has 170 valence electrons. The molecule has 3 atom stereocenters. The van der Waals surface area contributed by atoms with Crippen molar-refractivity contribution in [2.24, 2.45) is 5.92 Å². The van der Waals surface area contributed by atoms with Gasteiger partial charge >= 0.3 is 6.03 Å². The van der Waals surface area contributed by atoms with Gasteiger partial charge in [-0.15, -0.1) is 0 Å². The van der Waals surface area contributed by atoms with Crippen LogP contribution in [0.1, 0.15) is 24.5 Å². The number of halogens is 1. The molecule has 3 amide bonds. The molecule has 7 nitrogen and oxygen atoms in total. The van der Waals surface area contributed by atoms with Gasteiger partial charge in [0, 0.05) is 43.0 Å². The molecule has 1 fully saturated rings. The minimum Gasteiger partial charge on any atom is -0.326 e. The average Bonchev–Trinajstić information content (AvgIpc) is 2.78. The number of fused-ring (bicyclic) bond motifs is 4. The summed E-state index contributed by atoms with van der Waals surface area (Å²) in [5.74, 6) is 0.330. The molecule has 9 heteroatoms. The van der Waals surface area contributed by atoms with Crippen molar-refractivity contribution in [1.29, 1.82) is 0 Å². The summed E-state index contributed by atoms with van der Waals surface area (Å²) >= 11 is 1.60. The van der Waals surface area contributed by atoms with Crippen LogP contribution in [0.5, 0.6) is 0 Å². The maximum absolute atomic E-state index is 13.1. The Balaban J connectivity index is 1.43. The first-order chi connectivity index (χ1) is 15.4. The average molecular weight is 459 g/mol. The summed E-state index contributed by atoms with van der Waals surface area (Å²) in [5.41, 5.74) is 1.46. The quantitative estimate of drug-likeness (QED) is 0.697. The minimum atomic E-state index is -0.698. The predicted octanol–water partition coefficient (Wildman–Crippen LogP) is 2.88. The minimum absolute atomic E-state index is 0.00435. The fourth-order valence-corrected chi connectivity index (χ4v) is 5.04. The first kappa shape index (κ1) is 22.4. The number of pyridine rings is 1. The third kappa shape index (κ3) is 4.98. The lowest BCUT2D eigenvalue weighted by atomic mass is 9.83. The standard InChI is InChI=1S/C23H27FN4O3S/c1-32-10-9-19(22(30)25-18-7-5-17(24)6-8-18)26-23(31)27-12-15-11-16(14-27)20-3-2-4-21(29)28(20)13-15/h2-8,15-16,19H,9-14H2,1H3,(H,25,30)(H,26,31)/t15?,16?,19-/m0/s1. The second-order valence-corrected chi connectivity index (χ2v) is 9.37. The predicted molar refractivity (Wildman–Crippen MR) is 123 cm³/mol. The Morgan fingerprint density at radius 3 is 2.69 bits per heavy atom. The third-order valence-corrected chi connectivity index (χ3v) is 6.75. The number of benzene rings is 1. The highest BCUT2D eigenvalue weighted by Gasteiger charge is 2.37. The van der Waals surface area contributed by atoms with E-state index in [1.807, 2.05) is 16.9 Å². The number of carbonyl (C=O) groups is 2. The van der Waals surface area contributed by atoms with Crippen LogP contribution >= 0.6 is 11.8 Å². The lowest BCUT2D eigenvalue weighted by Crippen LogP contribution is -2.55. The van der Waals surface area contributed by atoms with E-state index in [4.69, 9.17) is 0 Å². The smallest absolute Gasteiger partial charge is 0.318 e. The SMILES string of the molecule is CSCC[C@H](NC(=O)N1CC2CC(C1)c1cccc(=O)n1C2)C(=O)Nc1ccc(F)cc1. The number of amides is 3. The van der Waals surface area contributed by atoms with Crippen LogP contribution in [0.3, 0.4) is 0 Å². The van der Waals surface area contributed by atoms with Crippen molar-refractivity contribution in [2.45, 2.75) is 31.3 Å². The van der Waals surface area contributed by atoms with Crippen molar-refractivity contribution in [3.63, 3.8) is 0 Å². The van der Waals surface area contributed by atoms with Crippen molar-refractivity contribution in [3.8, 4) is 0 Å². The normalized spacial score (nSPS) is 20.2. The number of likely N-dealkylation sites (tertiary alicyclic amines) is 1. The Bertz CT molecular complexity index is 1040. The lowest BCUT2D eigenvalue weighted by molar-refractivity contribution is -0.118. The molecule has 2 aliphatic heterocycles. The molecule has 2 unspecified atom stereocenters. The van der Waals surface area contributed by atoms with Crippen LogP contribution in [0, 0.1) is 11.7 Å². The Labute approximate surface area is 190 Å². The van der Waals surface area contributed by atoms with E-state index >= 15 is 0 Å². The van der Waals surface area contributed by atoms with E-state index < -0.39 is 6.04 Å². The number of piperidine rings is 1. The molecule has 0 saturated carbocycles. The van der Waals surface area contributed by atoms with E-state index in [2.05, 4.69) is 10.6 Å². The number of urea groups is 1. The molecule has 0 radical (unpaired) electrons. The summed E-state index contributed by atoms with van der Waals surface area (Å²) in [5, 5.41) is 5.66. The molecule has 2 N–H and O–H groups in total. The highest BCUT2D eigenvalue weighted by Crippen LogP contribution is 2.34. The van der Waals surface area contributed by atoms with Gasteiger partial charge in [-0.3, -0.25) is 9.59 Å². The molecule has 0 spiro atoms. The number of thioether (sulfide) groups is 1. The molecular formula is C23H27FN4O3S. The summed E-state index contributed by atoms with van der Waals surface area (Å²) in [6.07, 6.45) is 3.38. The first-order valence-corrected chi connectivity index (χ1v) is 12.1. The van der Waals surface area contributed by atoms with E-state index in [-0.39, 0.29) is 35.2 Å². The van der Waals surface area contributed by atoms with Gasteiger partial charge in [0.15, 0.2) is 0 Å². The van der Waals surface area contributed by atoms with Crippen LogP contribution in [-0.4, -0.2) is 52.5 Å². The number of nitrogens with zero attached hydrogens (tertiary/aromatic N) is 2. The van der Waals surface area contributed by atoms with E-state index in [0.717, 1.165) is 12.1 Å². The van der Waals surface area contributed by atoms with Gasteiger partial charge in [-0.1, -0.05) is 6.07 Å². The van der Waals surface area contributed by atoms with E-state index in [0.29, 0.717) is 37.5 Å².